The van der Waals surface area contributed by atoms with Gasteiger partial charge in [-0.2, -0.15) is 13.2 Å². The molecule has 0 spiro atoms. The van der Waals surface area contributed by atoms with Gasteiger partial charge in [0.15, 0.2) is 0 Å². The highest BCUT2D eigenvalue weighted by atomic mass is 79.9. The molecule has 9 heteroatoms. The van der Waals surface area contributed by atoms with Crippen LogP contribution in [0, 0.1) is 5.92 Å². The molecule has 1 heterocycles. The molecule has 0 bridgehead atoms. The second kappa shape index (κ2) is 10.2. The first-order valence-corrected chi connectivity index (χ1v) is 13.0. The van der Waals surface area contributed by atoms with Gasteiger partial charge in [0, 0.05) is 23.0 Å². The number of halogens is 4. The third-order valence-corrected chi connectivity index (χ3v) is 8.44. The summed E-state index contributed by atoms with van der Waals surface area (Å²) in [7, 11) is 0. The van der Waals surface area contributed by atoms with Gasteiger partial charge >= 0.3 is 6.18 Å². The summed E-state index contributed by atoms with van der Waals surface area (Å²) in [6, 6.07) is 4.47. The molecule has 184 valence electrons. The number of benzene rings is 1. The lowest BCUT2D eigenvalue weighted by atomic mass is 9.66. The molecular weight excluding hydrogens is 497 g/mol. The maximum atomic E-state index is 12.9. The van der Waals surface area contributed by atoms with Gasteiger partial charge in [-0.15, -0.1) is 0 Å². The summed E-state index contributed by atoms with van der Waals surface area (Å²) in [4.78, 5) is 13.1. The van der Waals surface area contributed by atoms with Crippen molar-refractivity contribution >= 4 is 21.8 Å². The molecule has 3 fully saturated rings. The fourth-order valence-corrected chi connectivity index (χ4v) is 6.87. The Bertz CT molecular complexity index is 832. The van der Waals surface area contributed by atoms with Crippen LogP contribution in [0.5, 0.6) is 0 Å². The lowest BCUT2D eigenvalue weighted by Crippen LogP contribution is -2.59. The number of hydrogen-bond acceptors (Lipinski definition) is 4. The van der Waals surface area contributed by atoms with Gasteiger partial charge in [0.05, 0.1) is 17.8 Å². The quantitative estimate of drug-likeness (QED) is 0.421. The largest absolute Gasteiger partial charge is 0.416 e. The van der Waals surface area contributed by atoms with Crippen molar-refractivity contribution in [3.05, 3.63) is 35.4 Å². The lowest BCUT2D eigenvalue weighted by Gasteiger charge is -2.48. The molecule has 4 rings (SSSR count). The van der Waals surface area contributed by atoms with E-state index in [4.69, 9.17) is 5.73 Å². The van der Waals surface area contributed by atoms with Crippen LogP contribution in [0.3, 0.4) is 0 Å². The second-order valence-corrected chi connectivity index (χ2v) is 11.2. The van der Waals surface area contributed by atoms with E-state index in [1.807, 2.05) is 0 Å². The fraction of sp³-hybridized carbons (Fsp3) is 0.708. The standard InChI is InChI=1S/C24H34BrF3N4O/c25-18-9-10-20-23(13-18,16-6-2-1-3-7-16)32-21(31-20)14-30-22(33)19(29)12-15-5-4-8-17(11-15)24(26,27)28/h4-5,8,11,16,18-21,31-32H,1-3,6-7,9-10,12-14,29H2,(H,30,33). The van der Waals surface area contributed by atoms with E-state index >= 15 is 0 Å². The minimum atomic E-state index is -4.42. The minimum Gasteiger partial charge on any atom is -0.352 e. The van der Waals surface area contributed by atoms with Crippen molar-refractivity contribution in [2.75, 3.05) is 6.54 Å². The van der Waals surface area contributed by atoms with E-state index < -0.39 is 17.8 Å². The van der Waals surface area contributed by atoms with Gasteiger partial charge in [0.2, 0.25) is 5.91 Å². The molecular formula is C24H34BrF3N4O. The Kier molecular flexibility index (Phi) is 7.73. The molecule has 0 radical (unpaired) electrons. The van der Waals surface area contributed by atoms with Gasteiger partial charge in [-0.1, -0.05) is 53.4 Å². The molecule has 5 N–H and O–H groups in total. The molecule has 1 saturated heterocycles. The number of carbonyl (C=O) groups excluding carboxylic acids is 1. The van der Waals surface area contributed by atoms with Crippen molar-refractivity contribution < 1.29 is 18.0 Å². The number of alkyl halides is 4. The van der Waals surface area contributed by atoms with E-state index in [-0.39, 0.29) is 24.0 Å². The van der Waals surface area contributed by atoms with Crippen LogP contribution >= 0.6 is 15.9 Å². The number of fused-ring (bicyclic) bond motifs is 1. The first kappa shape index (κ1) is 24.9. The molecule has 5 unspecified atom stereocenters. The molecule has 3 aliphatic rings. The molecule has 33 heavy (non-hydrogen) atoms. The highest BCUT2D eigenvalue weighted by Gasteiger charge is 2.53. The van der Waals surface area contributed by atoms with Gasteiger partial charge < -0.3 is 11.1 Å². The van der Waals surface area contributed by atoms with Crippen LogP contribution in [0.1, 0.15) is 62.5 Å². The maximum Gasteiger partial charge on any atom is 0.416 e. The summed E-state index contributed by atoms with van der Waals surface area (Å²) >= 11 is 3.85. The predicted molar refractivity (Wildman–Crippen MR) is 126 cm³/mol. The number of amides is 1. The summed E-state index contributed by atoms with van der Waals surface area (Å²) in [5.74, 6) is 0.281. The molecule has 1 aromatic rings. The maximum absolute atomic E-state index is 12.9. The second-order valence-electron chi connectivity index (χ2n) is 9.92. The van der Waals surface area contributed by atoms with Crippen molar-refractivity contribution in [3.8, 4) is 0 Å². The first-order valence-electron chi connectivity index (χ1n) is 12.0. The molecule has 0 aromatic heterocycles. The zero-order valence-corrected chi connectivity index (χ0v) is 20.4. The Labute approximate surface area is 201 Å². The molecule has 1 aliphatic heterocycles. The molecule has 2 aliphatic carbocycles. The smallest absolute Gasteiger partial charge is 0.352 e. The molecule has 5 nitrogen and oxygen atoms in total. The topological polar surface area (TPSA) is 79.2 Å². The molecule has 1 aromatic carbocycles. The zero-order chi connectivity index (χ0) is 23.6. The predicted octanol–water partition coefficient (Wildman–Crippen LogP) is 3.85. The van der Waals surface area contributed by atoms with Crippen molar-refractivity contribution in [3.63, 3.8) is 0 Å². The van der Waals surface area contributed by atoms with Crippen molar-refractivity contribution in [1.29, 1.82) is 0 Å². The molecule has 1 amide bonds. The van der Waals surface area contributed by atoms with Crippen LogP contribution in [0.4, 0.5) is 13.2 Å². The summed E-state index contributed by atoms with van der Waals surface area (Å²) in [6.45, 7) is 0.396. The number of carbonyl (C=O) groups is 1. The Morgan fingerprint density at radius 3 is 2.70 bits per heavy atom. The third kappa shape index (κ3) is 5.74. The number of nitrogens with one attached hydrogen (secondary N) is 3. The van der Waals surface area contributed by atoms with Crippen LogP contribution in [0.15, 0.2) is 24.3 Å². The van der Waals surface area contributed by atoms with Gasteiger partial charge in [-0.05, 0) is 56.1 Å². The van der Waals surface area contributed by atoms with Crippen LogP contribution in [0.2, 0.25) is 0 Å². The van der Waals surface area contributed by atoms with E-state index in [1.165, 1.54) is 38.2 Å². The van der Waals surface area contributed by atoms with Crippen molar-refractivity contribution in [1.82, 2.24) is 16.0 Å². The zero-order valence-electron chi connectivity index (χ0n) is 18.8. The fourth-order valence-electron chi connectivity index (χ4n) is 6.07. The Balaban J connectivity index is 1.34. The average Bonchev–Trinajstić information content (AvgIpc) is 3.16. The number of nitrogens with two attached hydrogens (primary N) is 1. The van der Waals surface area contributed by atoms with Crippen molar-refractivity contribution in [2.24, 2.45) is 11.7 Å². The SMILES string of the molecule is NC(Cc1cccc(C(F)(F)F)c1)C(=O)NCC1NC2CCC(Br)CC2(C2CCCCC2)N1. The third-order valence-electron chi connectivity index (χ3n) is 7.66. The summed E-state index contributed by atoms with van der Waals surface area (Å²) < 4.78 is 38.8. The normalized spacial score (nSPS) is 31.7. The molecule has 2 saturated carbocycles. The lowest BCUT2D eigenvalue weighted by molar-refractivity contribution is -0.137. The van der Waals surface area contributed by atoms with E-state index in [1.54, 1.807) is 6.07 Å². The van der Waals surface area contributed by atoms with Gasteiger partial charge in [0.1, 0.15) is 0 Å². The van der Waals surface area contributed by atoms with Crippen LogP contribution < -0.4 is 21.7 Å². The summed E-state index contributed by atoms with van der Waals surface area (Å²) in [5.41, 5.74) is 5.74. The highest BCUT2D eigenvalue weighted by molar-refractivity contribution is 9.09. The van der Waals surface area contributed by atoms with Gasteiger partial charge in [-0.25, -0.2) is 0 Å². The van der Waals surface area contributed by atoms with Crippen LogP contribution in [-0.4, -0.2) is 41.1 Å². The number of rotatable bonds is 6. The summed E-state index contributed by atoms with van der Waals surface area (Å²) in [5, 5.41) is 10.5. The van der Waals surface area contributed by atoms with E-state index in [9.17, 15) is 18.0 Å². The average molecular weight is 531 g/mol. The van der Waals surface area contributed by atoms with Gasteiger partial charge in [-0.3, -0.25) is 15.4 Å². The monoisotopic (exact) mass is 530 g/mol. The van der Waals surface area contributed by atoms with Crippen LogP contribution in [-0.2, 0) is 17.4 Å². The van der Waals surface area contributed by atoms with E-state index in [2.05, 4.69) is 31.9 Å². The molecule has 5 atom stereocenters. The number of hydrogen-bond donors (Lipinski definition) is 4. The highest BCUT2D eigenvalue weighted by Crippen LogP contribution is 2.45. The van der Waals surface area contributed by atoms with Gasteiger partial charge in [0.25, 0.3) is 0 Å². The Morgan fingerprint density at radius 1 is 1.21 bits per heavy atom. The minimum absolute atomic E-state index is 0.0422. The van der Waals surface area contributed by atoms with Crippen molar-refractivity contribution in [2.45, 2.75) is 92.6 Å². The van der Waals surface area contributed by atoms with E-state index in [0.29, 0.717) is 28.9 Å². The Morgan fingerprint density at radius 2 is 1.97 bits per heavy atom. The Hall–Kier alpha value is -1.16. The summed E-state index contributed by atoms with van der Waals surface area (Å²) in [6.07, 6.45) is 5.26. The first-order chi connectivity index (χ1) is 15.7. The van der Waals surface area contributed by atoms with E-state index in [0.717, 1.165) is 31.4 Å². The van der Waals surface area contributed by atoms with Crippen LogP contribution in [0.25, 0.3) is 0 Å².